The number of anilines is 3. The van der Waals surface area contributed by atoms with Gasteiger partial charge in [-0.2, -0.15) is 13.2 Å². The van der Waals surface area contributed by atoms with Gasteiger partial charge < -0.3 is 30.1 Å². The minimum atomic E-state index is -4.64. The summed E-state index contributed by atoms with van der Waals surface area (Å²) in [7, 11) is 0. The normalized spacial score (nSPS) is 18.8. The Morgan fingerprint density at radius 1 is 1.17 bits per heavy atom. The average Bonchev–Trinajstić information content (AvgIpc) is 3.03. The van der Waals surface area contributed by atoms with E-state index in [2.05, 4.69) is 30.6 Å². The van der Waals surface area contributed by atoms with Gasteiger partial charge in [-0.3, -0.25) is 14.4 Å². The van der Waals surface area contributed by atoms with Crippen molar-refractivity contribution in [3.05, 3.63) is 68.6 Å². The number of amides is 2. The number of carbonyl (C=O) groups is 2. The van der Waals surface area contributed by atoms with Gasteiger partial charge in [-0.15, -0.1) is 0 Å². The van der Waals surface area contributed by atoms with E-state index in [1.807, 2.05) is 4.90 Å². The number of nitrogens with one attached hydrogen (secondary N) is 2. The van der Waals surface area contributed by atoms with Crippen LogP contribution in [0.1, 0.15) is 51.3 Å². The van der Waals surface area contributed by atoms with Gasteiger partial charge in [-0.25, -0.2) is 19.9 Å². The smallest absolute Gasteiger partial charge is 0.416 e. The second kappa shape index (κ2) is 12.6. The highest BCUT2D eigenvalue weighted by Gasteiger charge is 2.47. The monoisotopic (exact) mass is 688 g/mol. The number of hydrogen-bond donors (Lipinski definition) is 3. The van der Waals surface area contributed by atoms with Crippen molar-refractivity contribution in [3.63, 3.8) is 0 Å². The van der Waals surface area contributed by atoms with E-state index < -0.39 is 42.5 Å². The molecule has 1 saturated carbocycles. The number of aromatic hydroxyl groups is 1. The summed E-state index contributed by atoms with van der Waals surface area (Å²) >= 11 is 6.09. The number of halogens is 4. The van der Waals surface area contributed by atoms with Crippen molar-refractivity contribution in [2.45, 2.75) is 57.9 Å². The number of fused-ring (bicyclic) bond motifs is 2. The number of benzene rings is 1. The predicted molar refractivity (Wildman–Crippen MR) is 171 cm³/mol. The number of rotatable bonds is 7. The number of pyridine rings is 1. The summed E-state index contributed by atoms with van der Waals surface area (Å²) in [5.41, 5.74) is -1.20. The number of nitrogens with zero attached hydrogens (tertiary/aromatic N) is 7. The first kappa shape index (κ1) is 29.2. The number of piperazine rings is 1. The second-order valence-electron chi connectivity index (χ2n) is 11.4. The maximum absolute atomic E-state index is 14.3. The molecule has 4 aromatic rings. The fraction of sp³-hybridized carbons (Fsp3) is 0.387. The Bertz CT molecular complexity index is 2120. The van der Waals surface area contributed by atoms with E-state index in [0.717, 1.165) is 18.3 Å². The number of alkyl halides is 3. The summed E-state index contributed by atoms with van der Waals surface area (Å²) in [5.74, 6) is -1.71. The zero-order chi connectivity index (χ0) is 37.0. The Kier molecular flexibility index (Phi) is 7.63. The first-order valence-electron chi connectivity index (χ1n) is 16.4. The number of carbonyl (C=O) groups excluding carboxylic acids is 2. The molecule has 17 heteroatoms. The van der Waals surface area contributed by atoms with Crippen molar-refractivity contribution in [3.8, 4) is 5.75 Å². The van der Waals surface area contributed by atoms with Crippen LogP contribution in [0.2, 0.25) is 5.02 Å². The topological polar surface area (TPSA) is 158 Å². The van der Waals surface area contributed by atoms with Crippen LogP contribution in [0.15, 0.2) is 35.5 Å². The third-order valence-corrected chi connectivity index (χ3v) is 9.03. The van der Waals surface area contributed by atoms with E-state index in [1.54, 1.807) is 18.7 Å². The Hall–Kier alpha value is -4.99. The molecule has 0 bridgehead atoms. The van der Waals surface area contributed by atoms with Crippen molar-refractivity contribution < 1.29 is 32.0 Å². The predicted octanol–water partition coefficient (Wildman–Crippen LogP) is 4.00. The van der Waals surface area contributed by atoms with Crippen LogP contribution < -0.4 is 21.0 Å². The van der Waals surface area contributed by atoms with Gasteiger partial charge >= 0.3 is 6.18 Å². The van der Waals surface area contributed by atoms with Gasteiger partial charge in [0.1, 0.15) is 24.4 Å². The fourth-order valence-corrected chi connectivity index (χ4v) is 6.50. The summed E-state index contributed by atoms with van der Waals surface area (Å²) in [6.07, 6.45) is -0.914. The van der Waals surface area contributed by atoms with Gasteiger partial charge in [0.05, 0.1) is 34.2 Å². The molecule has 4 heterocycles. The van der Waals surface area contributed by atoms with Crippen molar-refractivity contribution in [2.24, 2.45) is 0 Å². The van der Waals surface area contributed by atoms with Crippen LogP contribution in [0.25, 0.3) is 11.2 Å². The second-order valence-corrected chi connectivity index (χ2v) is 11.8. The van der Waals surface area contributed by atoms with Crippen LogP contribution in [0.3, 0.4) is 0 Å². The molecule has 3 aromatic heterocycles. The maximum Gasteiger partial charge on any atom is 0.416 e. The van der Waals surface area contributed by atoms with Gasteiger partial charge in [0, 0.05) is 35.9 Å². The lowest BCUT2D eigenvalue weighted by Gasteiger charge is -2.54. The Morgan fingerprint density at radius 3 is 2.60 bits per heavy atom. The van der Waals surface area contributed by atoms with Crippen LogP contribution in [-0.4, -0.2) is 78.5 Å². The summed E-state index contributed by atoms with van der Waals surface area (Å²) < 4.78 is 63.8. The molecule has 252 valence electrons. The SMILES string of the molecule is [2H]C([2H])([2H])Nc1cnc2c(n1)c(=O)c(N1CCN(C(=O)c3ncnc(C)c3O)[C@H]3CC[C@@H]31)c(CC)n2CC(=O)Nc1ccc(C(F)(F)F)cc1Cl. The highest BCUT2D eigenvalue weighted by Crippen LogP contribution is 2.39. The molecule has 0 unspecified atom stereocenters. The Morgan fingerprint density at radius 2 is 1.94 bits per heavy atom. The minimum Gasteiger partial charge on any atom is -0.504 e. The van der Waals surface area contributed by atoms with Crippen molar-refractivity contribution in [1.29, 1.82) is 0 Å². The molecular formula is C31H31ClF3N9O4. The molecule has 1 aliphatic heterocycles. The van der Waals surface area contributed by atoms with Crippen LogP contribution >= 0.6 is 11.6 Å². The van der Waals surface area contributed by atoms with Gasteiger partial charge in [0.15, 0.2) is 22.6 Å². The largest absolute Gasteiger partial charge is 0.504 e. The van der Waals surface area contributed by atoms with Crippen molar-refractivity contribution >= 4 is 51.8 Å². The molecule has 2 aliphatic rings. The number of hydrogen-bond acceptors (Lipinski definition) is 10. The lowest BCUT2D eigenvalue weighted by atomic mass is 9.81. The van der Waals surface area contributed by atoms with Crippen LogP contribution in [0, 0.1) is 6.92 Å². The molecule has 0 spiro atoms. The third-order valence-electron chi connectivity index (χ3n) is 8.71. The highest BCUT2D eigenvalue weighted by molar-refractivity contribution is 6.33. The molecule has 1 aromatic carbocycles. The molecule has 3 N–H and O–H groups in total. The van der Waals surface area contributed by atoms with E-state index in [1.165, 1.54) is 10.9 Å². The van der Waals surface area contributed by atoms with Gasteiger partial charge in [0.25, 0.3) is 5.91 Å². The zero-order valence-electron chi connectivity index (χ0n) is 28.6. The van der Waals surface area contributed by atoms with E-state index in [-0.39, 0.29) is 82.1 Å². The highest BCUT2D eigenvalue weighted by atomic mass is 35.5. The maximum atomic E-state index is 14.3. The van der Waals surface area contributed by atoms with Crippen LogP contribution in [0.4, 0.5) is 30.4 Å². The summed E-state index contributed by atoms with van der Waals surface area (Å²) in [4.78, 5) is 61.4. The lowest BCUT2D eigenvalue weighted by Crippen LogP contribution is -2.67. The van der Waals surface area contributed by atoms with Gasteiger partial charge in [-0.1, -0.05) is 18.5 Å². The van der Waals surface area contributed by atoms with Crippen molar-refractivity contribution in [2.75, 3.05) is 35.6 Å². The van der Waals surface area contributed by atoms with E-state index >= 15 is 0 Å². The quantitative estimate of drug-likeness (QED) is 0.259. The van der Waals surface area contributed by atoms with Gasteiger partial charge in [0.2, 0.25) is 11.3 Å². The molecule has 1 aliphatic carbocycles. The van der Waals surface area contributed by atoms with E-state index in [0.29, 0.717) is 24.6 Å². The minimum absolute atomic E-state index is 0.0288. The molecular weight excluding hydrogens is 655 g/mol. The molecule has 0 radical (unpaired) electrons. The molecule has 2 amide bonds. The Balaban J connectivity index is 1.40. The van der Waals surface area contributed by atoms with Crippen LogP contribution in [-0.2, 0) is 23.9 Å². The molecule has 2 atom stereocenters. The lowest BCUT2D eigenvalue weighted by molar-refractivity contribution is -0.137. The summed E-state index contributed by atoms with van der Waals surface area (Å²) in [5, 5.41) is 14.9. The molecule has 6 rings (SSSR count). The molecule has 2 fully saturated rings. The zero-order valence-corrected chi connectivity index (χ0v) is 26.4. The summed E-state index contributed by atoms with van der Waals surface area (Å²) in [6, 6.07) is 1.82. The average molecular weight is 689 g/mol. The van der Waals surface area contributed by atoms with Crippen molar-refractivity contribution in [1.82, 2.24) is 29.4 Å². The van der Waals surface area contributed by atoms with Gasteiger partial charge in [-0.05, 0) is 44.4 Å². The number of aryl methyl sites for hydroxylation is 1. The first-order chi connectivity index (χ1) is 24.0. The summed E-state index contributed by atoms with van der Waals surface area (Å²) in [6.45, 7) is 0.523. The third kappa shape index (κ3) is 5.73. The van der Waals surface area contributed by atoms with E-state index in [4.69, 9.17) is 15.7 Å². The van der Waals surface area contributed by atoms with Crippen LogP contribution in [0.5, 0.6) is 5.75 Å². The molecule has 13 nitrogen and oxygen atoms in total. The number of aromatic nitrogens is 5. The van der Waals surface area contributed by atoms with E-state index in [9.17, 15) is 32.7 Å². The molecule has 48 heavy (non-hydrogen) atoms. The standard InChI is InChI=1S/C31H31ClF3N9O4/c1-4-19-26(42-9-10-43(21-8-7-20(21)42)30(48)25-27(46)15(2)38-14-39-25)28(47)24-29(37-12-22(36-3)41-24)44(19)13-23(45)40-18-6-5-16(11-17(18)32)31(33,34)35/h5-6,11-12,14,20-21,46H,4,7-10,13H2,1-3H3,(H,36,41)(H,40,45)/t20-,21-/m0/s1/i3D3. The fourth-order valence-electron chi connectivity index (χ4n) is 6.27. The Labute approximate surface area is 281 Å². The first-order valence-corrected chi connectivity index (χ1v) is 15.3. The molecule has 1 saturated heterocycles.